The highest BCUT2D eigenvalue weighted by atomic mass is 32.2. The van der Waals surface area contributed by atoms with E-state index in [9.17, 15) is 13.2 Å². The maximum atomic E-state index is 13.0. The molecule has 8 heteroatoms. The van der Waals surface area contributed by atoms with Crippen molar-refractivity contribution in [1.29, 1.82) is 0 Å². The van der Waals surface area contributed by atoms with Crippen LogP contribution >= 0.6 is 0 Å². The van der Waals surface area contributed by atoms with Gasteiger partial charge in [0.2, 0.25) is 0 Å². The first kappa shape index (κ1) is 23.0. The molecule has 2 aromatic carbocycles. The Kier molecular flexibility index (Phi) is 6.56. The number of anilines is 2. The fourth-order valence-electron chi connectivity index (χ4n) is 4.23. The Morgan fingerprint density at radius 2 is 1.76 bits per heavy atom. The Labute approximate surface area is 195 Å². The van der Waals surface area contributed by atoms with Crippen molar-refractivity contribution in [3.63, 3.8) is 0 Å². The monoisotopic (exact) mass is 466 g/mol. The quantitative estimate of drug-likeness (QED) is 0.561. The van der Waals surface area contributed by atoms with Crippen LogP contribution in [0.15, 0.2) is 54.6 Å². The van der Waals surface area contributed by atoms with Crippen molar-refractivity contribution >= 4 is 27.1 Å². The molecule has 1 atom stereocenters. The molecule has 0 aliphatic carbocycles. The lowest BCUT2D eigenvalue weighted by atomic mass is 10.1. The van der Waals surface area contributed by atoms with Gasteiger partial charge >= 0.3 is 0 Å². The van der Waals surface area contributed by atoms with Crippen LogP contribution in [0.2, 0.25) is 0 Å². The number of hydrogen-bond acceptors (Lipinski definition) is 5. The van der Waals surface area contributed by atoms with Crippen molar-refractivity contribution in [2.24, 2.45) is 0 Å². The summed E-state index contributed by atoms with van der Waals surface area (Å²) in [5, 5.41) is 7.47. The molecule has 3 aromatic rings. The van der Waals surface area contributed by atoms with Crippen LogP contribution in [-0.4, -0.2) is 48.7 Å². The van der Waals surface area contributed by atoms with Gasteiger partial charge in [0.25, 0.3) is 5.91 Å². The maximum absolute atomic E-state index is 13.0. The SMILES string of the molecule is CCN(CC)c1ccc(NC(=O)c2cc(-c3ccc(C)cc3)n([C@@H]3CCS(=O)(=O)C3)n2)cc1. The number of aromatic nitrogens is 2. The molecule has 1 aliphatic rings. The molecule has 4 rings (SSSR count). The summed E-state index contributed by atoms with van der Waals surface area (Å²) < 4.78 is 25.9. The van der Waals surface area contributed by atoms with E-state index in [1.54, 1.807) is 10.7 Å². The predicted molar refractivity (Wildman–Crippen MR) is 133 cm³/mol. The summed E-state index contributed by atoms with van der Waals surface area (Å²) >= 11 is 0. The fourth-order valence-corrected chi connectivity index (χ4v) is 5.92. The topological polar surface area (TPSA) is 84.3 Å². The first-order chi connectivity index (χ1) is 15.8. The van der Waals surface area contributed by atoms with Crippen molar-refractivity contribution in [1.82, 2.24) is 9.78 Å². The minimum Gasteiger partial charge on any atom is -0.372 e. The minimum atomic E-state index is -3.09. The van der Waals surface area contributed by atoms with Gasteiger partial charge in [0.1, 0.15) is 0 Å². The highest BCUT2D eigenvalue weighted by Gasteiger charge is 2.32. The van der Waals surface area contributed by atoms with Gasteiger partial charge in [-0.3, -0.25) is 9.48 Å². The van der Waals surface area contributed by atoms with Crippen LogP contribution in [0.25, 0.3) is 11.3 Å². The van der Waals surface area contributed by atoms with Crippen LogP contribution in [0.3, 0.4) is 0 Å². The Balaban J connectivity index is 1.61. The van der Waals surface area contributed by atoms with Gasteiger partial charge in [0, 0.05) is 24.5 Å². The lowest BCUT2D eigenvalue weighted by Crippen LogP contribution is -2.21. The molecule has 0 spiro atoms. The van der Waals surface area contributed by atoms with E-state index in [2.05, 4.69) is 29.2 Å². The number of nitrogens with zero attached hydrogens (tertiary/aromatic N) is 3. The highest BCUT2D eigenvalue weighted by Crippen LogP contribution is 2.30. The zero-order valence-electron chi connectivity index (χ0n) is 19.3. The first-order valence-corrected chi connectivity index (χ1v) is 13.1. The van der Waals surface area contributed by atoms with Crippen LogP contribution in [0, 0.1) is 6.92 Å². The third-order valence-corrected chi connectivity index (χ3v) is 7.87. The standard InChI is InChI=1S/C25H30N4O3S/c1-4-28(5-2)21-12-10-20(11-13-21)26-25(30)23-16-24(19-8-6-18(3)7-9-19)29(27-23)22-14-15-33(31,32)17-22/h6-13,16,22H,4-5,14-15,17H2,1-3H3,(H,26,30)/t22-/m1/s1. The van der Waals surface area contributed by atoms with Crippen molar-refractivity contribution in [2.45, 2.75) is 33.2 Å². The van der Waals surface area contributed by atoms with E-state index in [0.29, 0.717) is 12.1 Å². The summed E-state index contributed by atoms with van der Waals surface area (Å²) in [4.78, 5) is 15.3. The Hall–Kier alpha value is -3.13. The van der Waals surface area contributed by atoms with E-state index in [1.165, 1.54) is 0 Å². The molecule has 1 fully saturated rings. The molecule has 174 valence electrons. The zero-order valence-corrected chi connectivity index (χ0v) is 20.1. The van der Waals surface area contributed by atoms with Gasteiger partial charge in [0.05, 0.1) is 23.2 Å². The number of nitrogens with one attached hydrogen (secondary N) is 1. The molecule has 1 amide bonds. The summed E-state index contributed by atoms with van der Waals surface area (Å²) in [6, 6.07) is 17.1. The summed E-state index contributed by atoms with van der Waals surface area (Å²) in [7, 11) is -3.09. The van der Waals surface area contributed by atoms with Crippen molar-refractivity contribution in [3.05, 3.63) is 65.9 Å². The molecule has 1 aromatic heterocycles. The van der Waals surface area contributed by atoms with Gasteiger partial charge in [-0.05, 0) is 63.1 Å². The molecule has 0 bridgehead atoms. The molecule has 1 N–H and O–H groups in total. The highest BCUT2D eigenvalue weighted by molar-refractivity contribution is 7.91. The first-order valence-electron chi connectivity index (χ1n) is 11.3. The van der Waals surface area contributed by atoms with Crippen LogP contribution in [0.4, 0.5) is 11.4 Å². The number of amides is 1. The number of hydrogen-bond donors (Lipinski definition) is 1. The summed E-state index contributed by atoms with van der Waals surface area (Å²) in [5.74, 6) is -0.134. The van der Waals surface area contributed by atoms with E-state index < -0.39 is 9.84 Å². The van der Waals surface area contributed by atoms with Gasteiger partial charge in [-0.15, -0.1) is 0 Å². The summed E-state index contributed by atoms with van der Waals surface area (Å²) in [5.41, 5.74) is 4.83. The average Bonchev–Trinajstić information content (AvgIpc) is 3.40. The molecule has 7 nitrogen and oxygen atoms in total. The van der Waals surface area contributed by atoms with E-state index >= 15 is 0 Å². The van der Waals surface area contributed by atoms with Gasteiger partial charge in [-0.1, -0.05) is 29.8 Å². The van der Waals surface area contributed by atoms with Crippen LogP contribution < -0.4 is 10.2 Å². The van der Waals surface area contributed by atoms with Gasteiger partial charge in [-0.2, -0.15) is 5.10 Å². The van der Waals surface area contributed by atoms with Crippen molar-refractivity contribution < 1.29 is 13.2 Å². The lowest BCUT2D eigenvalue weighted by molar-refractivity contribution is 0.102. The third-order valence-electron chi connectivity index (χ3n) is 6.12. The second-order valence-corrected chi connectivity index (χ2v) is 10.7. The molecule has 33 heavy (non-hydrogen) atoms. The minimum absolute atomic E-state index is 0.0431. The number of rotatable bonds is 7. The lowest BCUT2D eigenvalue weighted by Gasteiger charge is -2.21. The summed E-state index contributed by atoms with van der Waals surface area (Å²) in [6.07, 6.45) is 0.497. The second kappa shape index (κ2) is 9.39. The molecule has 2 heterocycles. The Morgan fingerprint density at radius 1 is 1.09 bits per heavy atom. The molecule has 0 saturated carbocycles. The molecule has 1 saturated heterocycles. The molecule has 1 aliphatic heterocycles. The molecule has 0 unspecified atom stereocenters. The molecular formula is C25H30N4O3S. The number of carbonyl (C=O) groups excluding carboxylic acids is 1. The number of aryl methyl sites for hydroxylation is 1. The van der Waals surface area contributed by atoms with E-state index in [-0.39, 0.29) is 29.1 Å². The van der Waals surface area contributed by atoms with Crippen LogP contribution in [0.5, 0.6) is 0 Å². The van der Waals surface area contributed by atoms with Crippen LogP contribution in [-0.2, 0) is 9.84 Å². The second-order valence-electron chi connectivity index (χ2n) is 8.46. The van der Waals surface area contributed by atoms with E-state index in [4.69, 9.17) is 0 Å². The number of benzene rings is 2. The number of sulfone groups is 1. The van der Waals surface area contributed by atoms with Gasteiger partial charge in [0.15, 0.2) is 15.5 Å². The Bertz CT molecular complexity index is 1230. The largest absolute Gasteiger partial charge is 0.372 e. The van der Waals surface area contributed by atoms with E-state index in [0.717, 1.165) is 35.6 Å². The van der Waals surface area contributed by atoms with E-state index in [1.807, 2.05) is 55.5 Å². The van der Waals surface area contributed by atoms with Crippen molar-refractivity contribution in [2.75, 3.05) is 34.8 Å². The average molecular weight is 467 g/mol. The van der Waals surface area contributed by atoms with Gasteiger partial charge in [-0.25, -0.2) is 8.42 Å². The zero-order chi connectivity index (χ0) is 23.6. The van der Waals surface area contributed by atoms with Crippen LogP contribution in [0.1, 0.15) is 42.4 Å². The number of carbonyl (C=O) groups is 1. The molecular weight excluding hydrogens is 436 g/mol. The van der Waals surface area contributed by atoms with Crippen molar-refractivity contribution in [3.8, 4) is 11.3 Å². The summed E-state index contributed by atoms with van der Waals surface area (Å²) in [6.45, 7) is 8.05. The third kappa shape index (κ3) is 5.11. The maximum Gasteiger partial charge on any atom is 0.276 e. The Morgan fingerprint density at radius 3 is 2.33 bits per heavy atom. The predicted octanol–water partition coefficient (Wildman–Crippen LogP) is 4.32. The molecule has 0 radical (unpaired) electrons. The smallest absolute Gasteiger partial charge is 0.276 e. The fraction of sp³-hybridized carbons (Fsp3) is 0.360. The normalized spacial score (nSPS) is 17.1. The van der Waals surface area contributed by atoms with Gasteiger partial charge < -0.3 is 10.2 Å².